The summed E-state index contributed by atoms with van der Waals surface area (Å²) in [5.74, 6) is 0. The van der Waals surface area contributed by atoms with Crippen LogP contribution in [0.25, 0.3) is 0 Å². The number of piperidine rings is 1. The maximum Gasteiger partial charge on any atom is 0.127 e. The fourth-order valence-corrected chi connectivity index (χ4v) is 4.13. The molecule has 0 radical (unpaired) electrons. The summed E-state index contributed by atoms with van der Waals surface area (Å²) in [5, 5.41) is 0. The molecule has 0 aromatic heterocycles. The van der Waals surface area contributed by atoms with Crippen molar-refractivity contribution in [2.24, 2.45) is 0 Å². The molecular formula is C18H32N3+3. The Kier molecular flexibility index (Phi) is 4.94. The molecule has 2 heterocycles. The van der Waals surface area contributed by atoms with Crippen molar-refractivity contribution in [3.05, 3.63) is 35.4 Å². The summed E-state index contributed by atoms with van der Waals surface area (Å²) >= 11 is 0. The molecule has 3 rings (SSSR count). The third-order valence-corrected chi connectivity index (χ3v) is 5.55. The lowest BCUT2D eigenvalue weighted by atomic mass is 10.0. The van der Waals surface area contributed by atoms with Crippen molar-refractivity contribution in [1.82, 2.24) is 0 Å². The minimum atomic E-state index is 0.944. The van der Waals surface area contributed by atoms with E-state index in [-0.39, 0.29) is 0 Å². The van der Waals surface area contributed by atoms with Gasteiger partial charge in [-0.3, -0.25) is 0 Å². The molecule has 0 amide bonds. The fourth-order valence-electron chi connectivity index (χ4n) is 4.13. The zero-order valence-corrected chi connectivity index (χ0v) is 13.8. The number of piperazine rings is 1. The fraction of sp³-hybridized carbons (Fsp3) is 0.667. The van der Waals surface area contributed by atoms with E-state index in [0.29, 0.717) is 0 Å². The van der Waals surface area contributed by atoms with Crippen LogP contribution >= 0.6 is 0 Å². The molecule has 0 unspecified atom stereocenters. The highest BCUT2D eigenvalue weighted by atomic mass is 15.3. The van der Waals surface area contributed by atoms with E-state index in [2.05, 4.69) is 38.2 Å². The molecule has 3 nitrogen and oxygen atoms in total. The SMILES string of the molecule is Cc1cccc(C[NH+]2CCC([NH+]3CC[NH+](C)CC3)CC2)c1. The highest BCUT2D eigenvalue weighted by Crippen LogP contribution is 2.03. The Morgan fingerprint density at radius 2 is 1.71 bits per heavy atom. The molecule has 3 N–H and O–H groups in total. The van der Waals surface area contributed by atoms with Gasteiger partial charge in [0.2, 0.25) is 0 Å². The van der Waals surface area contributed by atoms with E-state index < -0.39 is 0 Å². The van der Waals surface area contributed by atoms with Crippen LogP contribution in [-0.2, 0) is 6.54 Å². The van der Waals surface area contributed by atoms with Gasteiger partial charge >= 0.3 is 0 Å². The summed E-state index contributed by atoms with van der Waals surface area (Å²) in [6.45, 7) is 11.7. The van der Waals surface area contributed by atoms with Gasteiger partial charge in [0.1, 0.15) is 32.7 Å². The van der Waals surface area contributed by atoms with Crippen molar-refractivity contribution in [3.8, 4) is 0 Å². The number of rotatable bonds is 3. The summed E-state index contributed by atoms with van der Waals surface area (Å²) < 4.78 is 0. The van der Waals surface area contributed by atoms with Gasteiger partial charge in [-0.05, 0) is 6.92 Å². The van der Waals surface area contributed by atoms with Crippen molar-refractivity contribution >= 4 is 0 Å². The lowest BCUT2D eigenvalue weighted by molar-refractivity contribution is -1.02. The number of nitrogens with one attached hydrogen (secondary N) is 3. The molecule has 2 aliphatic rings. The van der Waals surface area contributed by atoms with E-state index in [9.17, 15) is 0 Å². The summed E-state index contributed by atoms with van der Waals surface area (Å²) in [7, 11) is 2.34. The van der Waals surface area contributed by atoms with E-state index in [0.717, 1.165) is 6.04 Å². The largest absolute Gasteiger partial charge is 0.331 e. The lowest BCUT2D eigenvalue weighted by Gasteiger charge is -2.37. The topological polar surface area (TPSA) is 13.3 Å². The molecule has 0 saturated carbocycles. The first-order valence-electron chi connectivity index (χ1n) is 8.75. The summed E-state index contributed by atoms with van der Waals surface area (Å²) in [6, 6.07) is 9.99. The zero-order chi connectivity index (χ0) is 14.7. The number of likely N-dealkylation sites (N-methyl/N-ethyl adjacent to an activating group) is 1. The van der Waals surface area contributed by atoms with Gasteiger partial charge in [-0.2, -0.15) is 0 Å². The molecule has 0 aliphatic carbocycles. The maximum atomic E-state index is 2.35. The second kappa shape index (κ2) is 6.91. The van der Waals surface area contributed by atoms with Crippen LogP contribution in [0.1, 0.15) is 24.0 Å². The molecule has 2 saturated heterocycles. The maximum absolute atomic E-state index is 2.35. The van der Waals surface area contributed by atoms with Crippen molar-refractivity contribution in [2.75, 3.05) is 46.3 Å². The molecule has 2 aliphatic heterocycles. The molecule has 0 bridgehead atoms. The van der Waals surface area contributed by atoms with Crippen molar-refractivity contribution < 1.29 is 14.7 Å². The minimum absolute atomic E-state index is 0.944. The van der Waals surface area contributed by atoms with Crippen LogP contribution in [0.2, 0.25) is 0 Å². The van der Waals surface area contributed by atoms with Crippen molar-refractivity contribution in [3.63, 3.8) is 0 Å². The van der Waals surface area contributed by atoms with E-state index in [1.165, 1.54) is 69.8 Å². The Balaban J connectivity index is 1.47. The molecule has 0 atom stereocenters. The van der Waals surface area contributed by atoms with Crippen LogP contribution < -0.4 is 14.7 Å². The minimum Gasteiger partial charge on any atom is -0.331 e. The van der Waals surface area contributed by atoms with Gasteiger partial charge in [-0.15, -0.1) is 0 Å². The number of quaternary nitrogens is 3. The average molecular weight is 290 g/mol. The normalized spacial score (nSPS) is 33.8. The Morgan fingerprint density at radius 1 is 1.00 bits per heavy atom. The van der Waals surface area contributed by atoms with Gasteiger partial charge in [-0.25, -0.2) is 0 Å². The summed E-state index contributed by atoms with van der Waals surface area (Å²) in [5.41, 5.74) is 2.91. The van der Waals surface area contributed by atoms with Crippen molar-refractivity contribution in [1.29, 1.82) is 0 Å². The van der Waals surface area contributed by atoms with Crippen LogP contribution in [0.5, 0.6) is 0 Å². The Bertz CT molecular complexity index is 444. The molecule has 21 heavy (non-hydrogen) atoms. The number of hydrogen-bond acceptors (Lipinski definition) is 0. The van der Waals surface area contributed by atoms with Crippen LogP contribution in [0.3, 0.4) is 0 Å². The highest BCUT2D eigenvalue weighted by Gasteiger charge is 2.32. The summed E-state index contributed by atoms with van der Waals surface area (Å²) in [4.78, 5) is 5.41. The van der Waals surface area contributed by atoms with E-state index in [1.54, 1.807) is 9.80 Å². The van der Waals surface area contributed by atoms with E-state index in [4.69, 9.17) is 0 Å². The first-order chi connectivity index (χ1) is 10.2. The van der Waals surface area contributed by atoms with Gasteiger partial charge in [0, 0.05) is 18.4 Å². The average Bonchev–Trinajstić information content (AvgIpc) is 2.49. The number of hydrogen-bond donors (Lipinski definition) is 3. The highest BCUT2D eigenvalue weighted by molar-refractivity contribution is 5.21. The third-order valence-electron chi connectivity index (χ3n) is 5.55. The lowest BCUT2D eigenvalue weighted by Crippen LogP contribution is -3.29. The Morgan fingerprint density at radius 3 is 2.38 bits per heavy atom. The standard InChI is InChI=1S/C18H29N3/c1-16-4-3-5-17(14-16)15-20-8-6-18(7-9-20)21-12-10-19(2)11-13-21/h3-5,14,18H,6-13,15H2,1-2H3/p+3. The van der Waals surface area contributed by atoms with Crippen LogP contribution in [-0.4, -0.2) is 52.4 Å². The predicted octanol–water partition coefficient (Wildman–Crippen LogP) is -2.04. The molecule has 3 heteroatoms. The first-order valence-corrected chi connectivity index (χ1v) is 8.75. The quantitative estimate of drug-likeness (QED) is 0.568. The molecule has 1 aromatic carbocycles. The number of benzene rings is 1. The van der Waals surface area contributed by atoms with Gasteiger partial charge in [0.25, 0.3) is 0 Å². The van der Waals surface area contributed by atoms with Crippen LogP contribution in [0.15, 0.2) is 24.3 Å². The monoisotopic (exact) mass is 290 g/mol. The molecule has 2 fully saturated rings. The number of aryl methyl sites for hydroxylation is 1. The first kappa shape index (κ1) is 15.0. The zero-order valence-electron chi connectivity index (χ0n) is 13.8. The Labute approximate surface area is 129 Å². The second-order valence-electron chi connectivity index (χ2n) is 7.31. The van der Waals surface area contributed by atoms with Crippen molar-refractivity contribution in [2.45, 2.75) is 32.4 Å². The Hall–Kier alpha value is -0.900. The predicted molar refractivity (Wildman–Crippen MR) is 85.9 cm³/mol. The smallest absolute Gasteiger partial charge is 0.127 e. The van der Waals surface area contributed by atoms with E-state index in [1.807, 2.05) is 4.90 Å². The van der Waals surface area contributed by atoms with E-state index >= 15 is 0 Å². The molecule has 1 aromatic rings. The van der Waals surface area contributed by atoms with Gasteiger partial charge in [0.15, 0.2) is 0 Å². The summed E-state index contributed by atoms with van der Waals surface area (Å²) in [6.07, 6.45) is 2.85. The van der Waals surface area contributed by atoms with Gasteiger partial charge in [0.05, 0.1) is 26.2 Å². The molecule has 116 valence electrons. The van der Waals surface area contributed by atoms with Crippen LogP contribution in [0, 0.1) is 6.92 Å². The third kappa shape index (κ3) is 4.06. The molecular weight excluding hydrogens is 258 g/mol. The molecule has 0 spiro atoms. The van der Waals surface area contributed by atoms with Gasteiger partial charge < -0.3 is 14.7 Å². The van der Waals surface area contributed by atoms with Gasteiger partial charge in [-0.1, -0.05) is 29.8 Å². The van der Waals surface area contributed by atoms with Crippen LogP contribution in [0.4, 0.5) is 0 Å². The number of likely N-dealkylation sites (tertiary alicyclic amines) is 1. The second-order valence-corrected chi connectivity index (χ2v) is 7.31.